The molecule has 2 N–H and O–H groups in total. The van der Waals surface area contributed by atoms with Crippen LogP contribution in [0.1, 0.15) is 44.1 Å². The highest BCUT2D eigenvalue weighted by Crippen LogP contribution is 2.28. The molecule has 108 valence electrons. The molecule has 0 heterocycles. The zero-order valence-corrected chi connectivity index (χ0v) is 11.3. The van der Waals surface area contributed by atoms with Crippen LogP contribution in [0.3, 0.4) is 0 Å². The van der Waals surface area contributed by atoms with Gasteiger partial charge in [-0.15, -0.1) is 0 Å². The molecule has 1 fully saturated rings. The highest BCUT2D eigenvalue weighted by atomic mass is 19.1. The SMILES string of the molecule is N#Cc1cc(F)c(OCC2(N)CCCCCC2)c(F)c1. The molecule has 0 bridgehead atoms. The summed E-state index contributed by atoms with van der Waals surface area (Å²) in [7, 11) is 0. The van der Waals surface area contributed by atoms with Gasteiger partial charge in [0.15, 0.2) is 17.4 Å². The van der Waals surface area contributed by atoms with Gasteiger partial charge in [-0.3, -0.25) is 0 Å². The Morgan fingerprint density at radius 1 is 1.15 bits per heavy atom. The summed E-state index contributed by atoms with van der Waals surface area (Å²) in [6.45, 7) is 0.0900. The van der Waals surface area contributed by atoms with Gasteiger partial charge in [-0.1, -0.05) is 25.7 Å². The van der Waals surface area contributed by atoms with Crippen molar-refractivity contribution in [2.75, 3.05) is 6.61 Å². The summed E-state index contributed by atoms with van der Waals surface area (Å²) in [4.78, 5) is 0. The Morgan fingerprint density at radius 2 is 1.70 bits per heavy atom. The van der Waals surface area contributed by atoms with Gasteiger partial charge in [0.25, 0.3) is 0 Å². The van der Waals surface area contributed by atoms with E-state index in [4.69, 9.17) is 15.7 Å². The standard InChI is InChI=1S/C15H18F2N2O/c16-12-7-11(9-18)8-13(17)14(12)20-10-15(19)5-3-1-2-4-6-15/h7-8H,1-6,10,19H2. The van der Waals surface area contributed by atoms with E-state index in [9.17, 15) is 8.78 Å². The molecular formula is C15H18F2N2O. The lowest BCUT2D eigenvalue weighted by atomic mass is 9.92. The van der Waals surface area contributed by atoms with Crippen LogP contribution < -0.4 is 10.5 Å². The van der Waals surface area contributed by atoms with E-state index in [0.717, 1.165) is 50.7 Å². The van der Waals surface area contributed by atoms with Gasteiger partial charge in [-0.25, -0.2) is 8.78 Å². The normalized spacial score (nSPS) is 18.1. The Balaban J connectivity index is 2.09. The summed E-state index contributed by atoms with van der Waals surface area (Å²) in [6, 6.07) is 3.63. The lowest BCUT2D eigenvalue weighted by Crippen LogP contribution is -2.45. The molecule has 5 heteroatoms. The summed E-state index contributed by atoms with van der Waals surface area (Å²) in [6.07, 6.45) is 5.90. The molecule has 1 aliphatic rings. The van der Waals surface area contributed by atoms with E-state index in [1.54, 1.807) is 6.07 Å². The highest BCUT2D eigenvalue weighted by Gasteiger charge is 2.28. The van der Waals surface area contributed by atoms with Crippen LogP contribution in [0.5, 0.6) is 5.75 Å². The zero-order valence-electron chi connectivity index (χ0n) is 11.3. The van der Waals surface area contributed by atoms with Gasteiger partial charge in [-0.2, -0.15) is 5.26 Å². The van der Waals surface area contributed by atoms with Gasteiger partial charge in [0, 0.05) is 0 Å². The number of nitriles is 1. The number of ether oxygens (including phenoxy) is 1. The molecule has 0 saturated heterocycles. The van der Waals surface area contributed by atoms with Gasteiger partial charge < -0.3 is 10.5 Å². The molecule has 20 heavy (non-hydrogen) atoms. The number of hydrogen-bond donors (Lipinski definition) is 1. The van der Waals surface area contributed by atoms with Gasteiger partial charge >= 0.3 is 0 Å². The number of nitrogens with two attached hydrogens (primary N) is 1. The Labute approximate surface area is 117 Å². The van der Waals surface area contributed by atoms with Crippen LogP contribution in [0.4, 0.5) is 8.78 Å². The summed E-state index contributed by atoms with van der Waals surface area (Å²) < 4.78 is 32.7. The topological polar surface area (TPSA) is 59.0 Å². The molecule has 0 aromatic heterocycles. The van der Waals surface area contributed by atoms with E-state index in [-0.39, 0.29) is 12.2 Å². The third kappa shape index (κ3) is 3.45. The fourth-order valence-corrected chi connectivity index (χ4v) is 2.56. The van der Waals surface area contributed by atoms with Crippen LogP contribution >= 0.6 is 0 Å². The number of hydrogen-bond acceptors (Lipinski definition) is 3. The molecule has 0 amide bonds. The van der Waals surface area contributed by atoms with Crippen molar-refractivity contribution in [3.8, 4) is 11.8 Å². The second-order valence-electron chi connectivity index (χ2n) is 5.45. The molecule has 1 aliphatic carbocycles. The largest absolute Gasteiger partial charge is 0.486 e. The maximum absolute atomic E-state index is 13.7. The minimum atomic E-state index is -0.862. The van der Waals surface area contributed by atoms with Crippen molar-refractivity contribution >= 4 is 0 Å². The first-order valence-electron chi connectivity index (χ1n) is 6.85. The predicted octanol–water partition coefficient (Wildman–Crippen LogP) is 3.27. The molecule has 0 unspecified atom stereocenters. The van der Waals surface area contributed by atoms with E-state index in [1.807, 2.05) is 0 Å². The van der Waals surface area contributed by atoms with E-state index in [1.165, 1.54) is 0 Å². The number of nitrogens with zero attached hydrogens (tertiary/aromatic N) is 1. The van der Waals surface area contributed by atoms with Crippen LogP contribution in [0.15, 0.2) is 12.1 Å². The highest BCUT2D eigenvalue weighted by molar-refractivity contribution is 5.37. The second kappa shape index (κ2) is 6.19. The Morgan fingerprint density at radius 3 is 2.20 bits per heavy atom. The summed E-state index contributed by atoms with van der Waals surface area (Å²) in [5.41, 5.74) is 5.65. The molecule has 1 aromatic carbocycles. The van der Waals surface area contributed by atoms with Crippen molar-refractivity contribution in [2.45, 2.75) is 44.1 Å². The lowest BCUT2D eigenvalue weighted by Gasteiger charge is -2.28. The van der Waals surface area contributed by atoms with Crippen LogP contribution in [0, 0.1) is 23.0 Å². The Bertz CT molecular complexity index is 494. The molecule has 3 nitrogen and oxygen atoms in total. The van der Waals surface area contributed by atoms with E-state index in [2.05, 4.69) is 0 Å². The first-order valence-corrected chi connectivity index (χ1v) is 6.85. The molecule has 0 spiro atoms. The average Bonchev–Trinajstić information content (AvgIpc) is 2.63. The van der Waals surface area contributed by atoms with Gasteiger partial charge in [0.05, 0.1) is 17.2 Å². The Kier molecular flexibility index (Phi) is 4.56. The van der Waals surface area contributed by atoms with Gasteiger partial charge in [-0.05, 0) is 25.0 Å². The fourth-order valence-electron chi connectivity index (χ4n) is 2.56. The minimum absolute atomic E-state index is 0.0655. The number of rotatable bonds is 3. The summed E-state index contributed by atoms with van der Waals surface area (Å²) in [5, 5.41) is 8.64. The van der Waals surface area contributed by atoms with Crippen molar-refractivity contribution < 1.29 is 13.5 Å². The number of benzene rings is 1. The van der Waals surface area contributed by atoms with Crippen LogP contribution in [0.25, 0.3) is 0 Å². The molecule has 0 atom stereocenters. The van der Waals surface area contributed by atoms with Crippen molar-refractivity contribution in [1.29, 1.82) is 5.26 Å². The smallest absolute Gasteiger partial charge is 0.190 e. The lowest BCUT2D eigenvalue weighted by molar-refractivity contribution is 0.186. The van der Waals surface area contributed by atoms with E-state index < -0.39 is 22.9 Å². The molecule has 0 radical (unpaired) electrons. The van der Waals surface area contributed by atoms with Crippen LogP contribution in [0.2, 0.25) is 0 Å². The maximum atomic E-state index is 13.7. The molecular weight excluding hydrogens is 262 g/mol. The molecule has 1 aromatic rings. The second-order valence-corrected chi connectivity index (χ2v) is 5.45. The van der Waals surface area contributed by atoms with Crippen LogP contribution in [-0.2, 0) is 0 Å². The minimum Gasteiger partial charge on any atom is -0.486 e. The van der Waals surface area contributed by atoms with E-state index >= 15 is 0 Å². The van der Waals surface area contributed by atoms with Crippen molar-refractivity contribution in [3.05, 3.63) is 29.3 Å². The van der Waals surface area contributed by atoms with Crippen molar-refractivity contribution in [2.24, 2.45) is 5.73 Å². The molecule has 2 rings (SSSR count). The first kappa shape index (κ1) is 14.7. The predicted molar refractivity (Wildman–Crippen MR) is 71.2 cm³/mol. The van der Waals surface area contributed by atoms with Crippen molar-refractivity contribution in [1.82, 2.24) is 0 Å². The third-order valence-corrected chi connectivity index (χ3v) is 3.73. The maximum Gasteiger partial charge on any atom is 0.190 e. The van der Waals surface area contributed by atoms with Gasteiger partial charge in [0.1, 0.15) is 6.61 Å². The van der Waals surface area contributed by atoms with Gasteiger partial charge in [0.2, 0.25) is 0 Å². The summed E-state index contributed by atoms with van der Waals surface area (Å²) in [5.74, 6) is -2.17. The fraction of sp³-hybridized carbons (Fsp3) is 0.533. The van der Waals surface area contributed by atoms with E-state index in [0.29, 0.717) is 0 Å². The quantitative estimate of drug-likeness (QED) is 0.864. The third-order valence-electron chi connectivity index (χ3n) is 3.73. The Hall–Kier alpha value is -1.67. The monoisotopic (exact) mass is 280 g/mol. The molecule has 1 saturated carbocycles. The summed E-state index contributed by atoms with van der Waals surface area (Å²) >= 11 is 0. The number of halogens is 2. The average molecular weight is 280 g/mol. The molecule has 0 aliphatic heterocycles. The first-order chi connectivity index (χ1) is 9.54. The van der Waals surface area contributed by atoms with Crippen LogP contribution in [-0.4, -0.2) is 12.1 Å². The zero-order chi connectivity index (χ0) is 14.6. The van der Waals surface area contributed by atoms with Crippen molar-refractivity contribution in [3.63, 3.8) is 0 Å².